The summed E-state index contributed by atoms with van der Waals surface area (Å²) in [4.78, 5) is 34.7. The molecule has 0 radical (unpaired) electrons. The van der Waals surface area contributed by atoms with Gasteiger partial charge in [-0.15, -0.1) is 11.8 Å². The minimum Gasteiger partial charge on any atom is -0.462 e. The number of ether oxygens (including phenoxy) is 1. The fraction of sp³-hybridized carbons (Fsp3) is 0.667. The van der Waals surface area contributed by atoms with Crippen LogP contribution in [0.1, 0.15) is 26.6 Å². The molecule has 24 heavy (non-hydrogen) atoms. The molecule has 0 bridgehead atoms. The van der Waals surface area contributed by atoms with E-state index in [9.17, 15) is 9.59 Å². The normalized spacial score (nSPS) is 19.5. The van der Waals surface area contributed by atoms with Crippen molar-refractivity contribution in [1.82, 2.24) is 14.5 Å². The number of carbonyl (C=O) groups is 2. The van der Waals surface area contributed by atoms with Gasteiger partial charge < -0.3 is 9.64 Å². The van der Waals surface area contributed by atoms with Crippen molar-refractivity contribution in [2.75, 3.05) is 19.5 Å². The summed E-state index contributed by atoms with van der Waals surface area (Å²) in [6, 6.07) is -0.531. The van der Waals surface area contributed by atoms with E-state index in [2.05, 4.69) is 4.98 Å². The van der Waals surface area contributed by atoms with Crippen LogP contribution >= 0.6 is 11.8 Å². The molecule has 0 spiro atoms. The van der Waals surface area contributed by atoms with Crippen molar-refractivity contribution >= 4 is 29.5 Å². The molecule has 2 N–H and O–H groups in total. The van der Waals surface area contributed by atoms with Gasteiger partial charge in [0.05, 0.1) is 18.5 Å². The predicted molar refractivity (Wildman–Crippen MR) is 89.4 cm³/mol. The maximum absolute atomic E-state index is 12.4. The summed E-state index contributed by atoms with van der Waals surface area (Å²) < 4.78 is 7.32. The molecule has 1 fully saturated rings. The number of imidazole rings is 1. The zero-order chi connectivity index (χ0) is 17.9. The molecule has 0 aromatic carbocycles. The Kier molecular flexibility index (Phi) is 5.89. The Hall–Kier alpha value is -1.58. The third kappa shape index (κ3) is 3.90. The lowest BCUT2D eigenvalue weighted by Crippen LogP contribution is -2.77. The molecule has 1 aliphatic rings. The van der Waals surface area contributed by atoms with Gasteiger partial charge >= 0.3 is 5.97 Å². The van der Waals surface area contributed by atoms with Gasteiger partial charge in [0.15, 0.2) is 0 Å². The van der Waals surface area contributed by atoms with Gasteiger partial charge in [-0.1, -0.05) is 0 Å². The van der Waals surface area contributed by atoms with E-state index in [0.717, 1.165) is 11.6 Å². The van der Waals surface area contributed by atoms with Gasteiger partial charge in [0.1, 0.15) is 24.7 Å². The van der Waals surface area contributed by atoms with Crippen LogP contribution in [0.15, 0.2) is 6.20 Å². The van der Waals surface area contributed by atoms with E-state index in [1.807, 2.05) is 25.3 Å². The maximum atomic E-state index is 12.4. The van der Waals surface area contributed by atoms with Crippen molar-refractivity contribution in [2.24, 2.45) is 0 Å². The summed E-state index contributed by atoms with van der Waals surface area (Å²) in [5, 5.41) is 0. The number of aryl methyl sites for hydroxylation is 1. The molecule has 1 aliphatic heterocycles. The summed E-state index contributed by atoms with van der Waals surface area (Å²) >= 11 is 1.58. The fourth-order valence-electron chi connectivity index (χ4n) is 2.90. The molecule has 0 aliphatic carbocycles. The van der Waals surface area contributed by atoms with Gasteiger partial charge in [-0.05, 0) is 20.8 Å². The number of rotatable bonds is 6. The molecule has 1 aromatic rings. The van der Waals surface area contributed by atoms with Crippen LogP contribution in [0.4, 0.5) is 5.82 Å². The van der Waals surface area contributed by atoms with Crippen molar-refractivity contribution in [3.8, 4) is 0 Å². The van der Waals surface area contributed by atoms with Gasteiger partial charge in [-0.2, -0.15) is 5.48 Å². The highest BCUT2D eigenvalue weighted by molar-refractivity contribution is 8.00. The standard InChI is InChI=1S/C15H24N4O4S/c1-10-16-8-13(17-22-5)18(10)6-7-23-14(21)12-9-24-15(3,4)19(12)11(2)20/h8,12,17H,6-7,9H2,1-5H3/p+1. The number of amides is 1. The molecule has 134 valence electrons. The van der Waals surface area contributed by atoms with Crippen LogP contribution in [-0.2, 0) is 25.7 Å². The monoisotopic (exact) mass is 357 g/mol. The van der Waals surface area contributed by atoms with Crippen molar-refractivity contribution in [3.63, 3.8) is 0 Å². The Labute approximate surface area is 145 Å². The van der Waals surface area contributed by atoms with Crippen molar-refractivity contribution in [2.45, 2.75) is 45.2 Å². The molecule has 1 atom stereocenters. The first kappa shape index (κ1) is 18.8. The largest absolute Gasteiger partial charge is 0.462 e. The molecule has 2 rings (SSSR count). The van der Waals surface area contributed by atoms with Crippen LogP contribution in [0.2, 0.25) is 0 Å². The number of hydrogen-bond acceptors (Lipinski definition) is 6. The first-order chi connectivity index (χ1) is 11.3. The van der Waals surface area contributed by atoms with Gasteiger partial charge in [0.2, 0.25) is 5.91 Å². The first-order valence-corrected chi connectivity index (χ1v) is 8.75. The SMILES string of the molecule is CO[NH2+]c1cnc(C)n1CCOC(=O)C1CSC(C)(C)N1C(C)=O. The molecule has 0 saturated carbocycles. The highest BCUT2D eigenvalue weighted by atomic mass is 32.2. The molecular formula is C15H25N4O4S+. The lowest BCUT2D eigenvalue weighted by Gasteiger charge is -2.32. The van der Waals surface area contributed by atoms with Crippen LogP contribution in [0, 0.1) is 6.92 Å². The molecule has 1 aromatic heterocycles. The maximum Gasteiger partial charge on any atom is 0.329 e. The van der Waals surface area contributed by atoms with E-state index in [0.29, 0.717) is 12.3 Å². The Morgan fingerprint density at radius 3 is 2.83 bits per heavy atom. The van der Waals surface area contributed by atoms with Crippen molar-refractivity contribution in [1.29, 1.82) is 0 Å². The number of aromatic nitrogens is 2. The van der Waals surface area contributed by atoms with E-state index in [1.165, 1.54) is 6.92 Å². The third-order valence-corrected chi connectivity index (χ3v) is 5.37. The number of hydrogen-bond donors (Lipinski definition) is 1. The topological polar surface area (TPSA) is 90.3 Å². The Morgan fingerprint density at radius 1 is 1.50 bits per heavy atom. The van der Waals surface area contributed by atoms with Crippen molar-refractivity contribution < 1.29 is 24.6 Å². The summed E-state index contributed by atoms with van der Waals surface area (Å²) in [5.41, 5.74) is 1.59. The fourth-order valence-corrected chi connectivity index (χ4v) is 4.15. The number of quaternary nitrogens is 1. The Bertz CT molecular complexity index is 617. The van der Waals surface area contributed by atoms with Crippen LogP contribution in [0.3, 0.4) is 0 Å². The summed E-state index contributed by atoms with van der Waals surface area (Å²) in [6.07, 6.45) is 1.70. The molecule has 1 unspecified atom stereocenters. The first-order valence-electron chi connectivity index (χ1n) is 7.76. The van der Waals surface area contributed by atoms with E-state index < -0.39 is 10.9 Å². The van der Waals surface area contributed by atoms with E-state index in [1.54, 1.807) is 35.4 Å². The second kappa shape index (κ2) is 7.54. The van der Waals surface area contributed by atoms with Crippen LogP contribution < -0.4 is 5.48 Å². The van der Waals surface area contributed by atoms with Crippen LogP contribution in [0.5, 0.6) is 0 Å². The molecule has 1 saturated heterocycles. The van der Waals surface area contributed by atoms with E-state index in [-0.39, 0.29) is 18.5 Å². The number of carbonyl (C=O) groups excluding carboxylic acids is 2. The molecule has 2 heterocycles. The highest BCUT2D eigenvalue weighted by Crippen LogP contribution is 2.39. The summed E-state index contributed by atoms with van der Waals surface area (Å²) in [6.45, 7) is 7.93. The zero-order valence-corrected chi connectivity index (χ0v) is 15.6. The van der Waals surface area contributed by atoms with Gasteiger partial charge in [-0.3, -0.25) is 9.36 Å². The number of esters is 1. The molecule has 1 amide bonds. The molecule has 8 nitrogen and oxygen atoms in total. The minimum atomic E-state index is -0.531. The minimum absolute atomic E-state index is 0.116. The van der Waals surface area contributed by atoms with Gasteiger partial charge in [-0.25, -0.2) is 14.6 Å². The Balaban J connectivity index is 1.94. The second-order valence-electron chi connectivity index (χ2n) is 6.07. The quantitative estimate of drug-likeness (QED) is 0.577. The summed E-state index contributed by atoms with van der Waals surface area (Å²) in [7, 11) is 1.57. The predicted octanol–water partition coefficient (Wildman–Crippen LogP) is 0.191. The average Bonchev–Trinajstić information content (AvgIpc) is 3.00. The average molecular weight is 357 g/mol. The number of nitrogens with two attached hydrogens (primary N) is 1. The highest BCUT2D eigenvalue weighted by Gasteiger charge is 2.45. The molecule has 9 heteroatoms. The second-order valence-corrected chi connectivity index (χ2v) is 7.69. The number of thioether (sulfide) groups is 1. The number of nitrogens with zero attached hydrogens (tertiary/aromatic N) is 3. The van der Waals surface area contributed by atoms with Gasteiger partial charge in [0, 0.05) is 12.7 Å². The third-order valence-electron chi connectivity index (χ3n) is 3.98. The smallest absolute Gasteiger partial charge is 0.329 e. The lowest BCUT2D eigenvalue weighted by atomic mass is 10.2. The van der Waals surface area contributed by atoms with Gasteiger partial charge in [0.25, 0.3) is 5.82 Å². The zero-order valence-electron chi connectivity index (χ0n) is 14.7. The molecular weight excluding hydrogens is 332 g/mol. The van der Waals surface area contributed by atoms with Crippen LogP contribution in [-0.4, -0.2) is 56.7 Å². The van der Waals surface area contributed by atoms with Crippen molar-refractivity contribution in [3.05, 3.63) is 12.0 Å². The van der Waals surface area contributed by atoms with E-state index in [4.69, 9.17) is 9.57 Å². The van der Waals surface area contributed by atoms with E-state index >= 15 is 0 Å². The summed E-state index contributed by atoms with van der Waals surface area (Å²) in [5.74, 6) is 1.71. The lowest BCUT2D eigenvalue weighted by molar-refractivity contribution is -0.833. The Morgan fingerprint density at radius 2 is 2.21 bits per heavy atom. The van der Waals surface area contributed by atoms with Crippen LogP contribution in [0.25, 0.3) is 0 Å².